The first-order valence-corrected chi connectivity index (χ1v) is 5.31. The van der Waals surface area contributed by atoms with Crippen LogP contribution in [0.15, 0.2) is 30.4 Å². The van der Waals surface area contributed by atoms with E-state index in [9.17, 15) is 4.39 Å². The SMILES string of the molecule is C/C=C\C(=C(\F)N(C)C)c1ccnc(NC)n1. The Bertz CT molecular complexity index is 438. The minimum atomic E-state index is -0.330. The number of nitrogens with zero attached hydrogens (tertiary/aromatic N) is 3. The van der Waals surface area contributed by atoms with E-state index in [1.807, 2.05) is 6.92 Å². The van der Waals surface area contributed by atoms with Gasteiger partial charge in [0.15, 0.2) is 5.95 Å². The first-order chi connectivity index (χ1) is 8.10. The van der Waals surface area contributed by atoms with Crippen molar-refractivity contribution in [2.24, 2.45) is 0 Å². The molecular formula is C12H17FN4. The highest BCUT2D eigenvalue weighted by molar-refractivity contribution is 5.73. The van der Waals surface area contributed by atoms with E-state index >= 15 is 0 Å². The zero-order chi connectivity index (χ0) is 12.8. The molecule has 0 aromatic carbocycles. The van der Waals surface area contributed by atoms with Crippen LogP contribution >= 0.6 is 0 Å². The Labute approximate surface area is 101 Å². The second kappa shape index (κ2) is 5.98. The largest absolute Gasteiger partial charge is 0.357 e. The monoisotopic (exact) mass is 236 g/mol. The summed E-state index contributed by atoms with van der Waals surface area (Å²) in [5, 5.41) is 2.83. The molecule has 0 saturated carbocycles. The number of hydrogen-bond acceptors (Lipinski definition) is 4. The summed E-state index contributed by atoms with van der Waals surface area (Å²) in [6.07, 6.45) is 5.07. The fourth-order valence-electron chi connectivity index (χ4n) is 1.30. The lowest BCUT2D eigenvalue weighted by molar-refractivity contribution is 0.378. The van der Waals surface area contributed by atoms with Gasteiger partial charge in [-0.25, -0.2) is 9.97 Å². The number of aromatic nitrogens is 2. The van der Waals surface area contributed by atoms with Crippen molar-refractivity contribution < 1.29 is 4.39 Å². The number of nitrogens with one attached hydrogen (secondary N) is 1. The summed E-state index contributed by atoms with van der Waals surface area (Å²) in [5.41, 5.74) is 0.991. The molecule has 1 N–H and O–H groups in total. The van der Waals surface area contributed by atoms with Gasteiger partial charge in [0.05, 0.1) is 11.3 Å². The van der Waals surface area contributed by atoms with Crippen molar-refractivity contribution in [1.29, 1.82) is 0 Å². The molecule has 1 rings (SSSR count). The average Bonchev–Trinajstić information content (AvgIpc) is 2.35. The summed E-state index contributed by atoms with van der Waals surface area (Å²) < 4.78 is 14.0. The lowest BCUT2D eigenvalue weighted by atomic mass is 10.1. The Balaban J connectivity index is 3.28. The highest BCUT2D eigenvalue weighted by Gasteiger charge is 2.10. The van der Waals surface area contributed by atoms with Gasteiger partial charge in [-0.3, -0.25) is 0 Å². The van der Waals surface area contributed by atoms with Gasteiger partial charge in [-0.1, -0.05) is 12.2 Å². The molecule has 0 aliphatic rings. The Morgan fingerprint density at radius 2 is 2.18 bits per heavy atom. The molecule has 0 unspecified atom stereocenters. The van der Waals surface area contributed by atoms with Crippen LogP contribution in [-0.2, 0) is 0 Å². The second-order valence-corrected chi connectivity index (χ2v) is 3.61. The van der Waals surface area contributed by atoms with Gasteiger partial charge < -0.3 is 10.2 Å². The summed E-state index contributed by atoms with van der Waals surface area (Å²) in [6.45, 7) is 1.84. The van der Waals surface area contributed by atoms with E-state index in [0.29, 0.717) is 17.2 Å². The lowest BCUT2D eigenvalue weighted by Gasteiger charge is -2.13. The molecule has 4 nitrogen and oxygen atoms in total. The maximum Gasteiger partial charge on any atom is 0.222 e. The molecule has 1 aromatic heterocycles. The third-order valence-electron chi connectivity index (χ3n) is 2.10. The average molecular weight is 236 g/mol. The van der Waals surface area contributed by atoms with Crippen LogP contribution in [0.1, 0.15) is 12.6 Å². The van der Waals surface area contributed by atoms with Gasteiger partial charge in [0.2, 0.25) is 5.95 Å². The van der Waals surface area contributed by atoms with Crippen LogP contribution in [0.4, 0.5) is 10.3 Å². The van der Waals surface area contributed by atoms with Gasteiger partial charge in [-0.15, -0.1) is 0 Å². The minimum Gasteiger partial charge on any atom is -0.357 e. The molecule has 0 aliphatic heterocycles. The maximum atomic E-state index is 14.0. The zero-order valence-corrected chi connectivity index (χ0v) is 10.5. The zero-order valence-electron chi connectivity index (χ0n) is 10.5. The minimum absolute atomic E-state index is 0.330. The third-order valence-corrected chi connectivity index (χ3v) is 2.10. The highest BCUT2D eigenvalue weighted by Crippen LogP contribution is 2.21. The van der Waals surface area contributed by atoms with Crippen LogP contribution < -0.4 is 5.32 Å². The number of hydrogen-bond donors (Lipinski definition) is 1. The van der Waals surface area contributed by atoms with Crippen molar-refractivity contribution in [2.45, 2.75) is 6.92 Å². The Kier molecular flexibility index (Phi) is 4.63. The van der Waals surface area contributed by atoms with Crippen molar-refractivity contribution in [3.8, 4) is 0 Å². The van der Waals surface area contributed by atoms with Crippen molar-refractivity contribution in [3.05, 3.63) is 36.1 Å². The summed E-state index contributed by atoms with van der Waals surface area (Å²) in [7, 11) is 5.03. The molecule has 92 valence electrons. The van der Waals surface area contributed by atoms with Gasteiger partial charge in [0, 0.05) is 27.3 Å². The molecule has 0 bridgehead atoms. The van der Waals surface area contributed by atoms with E-state index in [4.69, 9.17) is 0 Å². The third kappa shape index (κ3) is 3.27. The second-order valence-electron chi connectivity index (χ2n) is 3.61. The Hall–Kier alpha value is -1.91. The van der Waals surface area contributed by atoms with Crippen LogP contribution in [0, 0.1) is 0 Å². The highest BCUT2D eigenvalue weighted by atomic mass is 19.1. The van der Waals surface area contributed by atoms with Crippen LogP contribution in [-0.4, -0.2) is 36.0 Å². The molecule has 0 fully saturated rings. The van der Waals surface area contributed by atoms with Crippen molar-refractivity contribution in [1.82, 2.24) is 14.9 Å². The van der Waals surface area contributed by atoms with Crippen molar-refractivity contribution in [2.75, 3.05) is 26.5 Å². The number of halogens is 1. The normalized spacial score (nSPS) is 12.5. The summed E-state index contributed by atoms with van der Waals surface area (Å²) in [5.74, 6) is 0.139. The van der Waals surface area contributed by atoms with E-state index < -0.39 is 0 Å². The summed E-state index contributed by atoms with van der Waals surface area (Å²) >= 11 is 0. The molecule has 0 aliphatic carbocycles. The van der Waals surface area contributed by atoms with Gasteiger partial charge in [0.25, 0.3) is 0 Å². The molecule has 17 heavy (non-hydrogen) atoms. The molecular weight excluding hydrogens is 219 g/mol. The molecule has 0 amide bonds. The van der Waals surface area contributed by atoms with E-state index in [2.05, 4.69) is 15.3 Å². The van der Waals surface area contributed by atoms with Crippen molar-refractivity contribution >= 4 is 11.5 Å². The number of anilines is 1. The molecule has 0 atom stereocenters. The van der Waals surface area contributed by atoms with Crippen LogP contribution in [0.25, 0.3) is 5.57 Å². The van der Waals surface area contributed by atoms with Crippen LogP contribution in [0.5, 0.6) is 0 Å². The van der Waals surface area contributed by atoms with E-state index in [0.717, 1.165) is 0 Å². The predicted octanol–water partition coefficient (Wildman–Crippen LogP) is 2.29. The Morgan fingerprint density at radius 1 is 1.47 bits per heavy atom. The first-order valence-electron chi connectivity index (χ1n) is 5.31. The van der Waals surface area contributed by atoms with E-state index in [-0.39, 0.29) is 5.95 Å². The molecule has 0 saturated heterocycles. The van der Waals surface area contributed by atoms with Crippen LogP contribution in [0.3, 0.4) is 0 Å². The lowest BCUT2D eigenvalue weighted by Crippen LogP contribution is -2.10. The summed E-state index contributed by atoms with van der Waals surface area (Å²) in [4.78, 5) is 9.63. The molecule has 1 heterocycles. The van der Waals surface area contributed by atoms with E-state index in [1.165, 1.54) is 4.90 Å². The topological polar surface area (TPSA) is 41.1 Å². The first kappa shape index (κ1) is 13.2. The fraction of sp³-hybridized carbons (Fsp3) is 0.333. The molecule has 5 heteroatoms. The molecule has 1 aromatic rings. The molecule has 0 radical (unpaired) electrons. The van der Waals surface area contributed by atoms with Gasteiger partial charge >= 0.3 is 0 Å². The number of rotatable bonds is 4. The van der Waals surface area contributed by atoms with Gasteiger partial charge in [0.1, 0.15) is 0 Å². The maximum absolute atomic E-state index is 14.0. The standard InChI is InChI=1S/C12H17FN4/c1-5-6-9(11(13)17(3)4)10-7-8-15-12(14-2)16-10/h5-8H,1-4H3,(H,14,15,16)/b6-5-,11-9+. The van der Waals surface area contributed by atoms with E-state index in [1.54, 1.807) is 45.6 Å². The van der Waals surface area contributed by atoms with Crippen molar-refractivity contribution in [3.63, 3.8) is 0 Å². The fourth-order valence-corrected chi connectivity index (χ4v) is 1.30. The van der Waals surface area contributed by atoms with Gasteiger partial charge in [-0.05, 0) is 13.0 Å². The van der Waals surface area contributed by atoms with Crippen LogP contribution in [0.2, 0.25) is 0 Å². The quantitative estimate of drug-likeness (QED) is 0.643. The smallest absolute Gasteiger partial charge is 0.222 e. The van der Waals surface area contributed by atoms with Gasteiger partial charge in [-0.2, -0.15) is 4.39 Å². The summed E-state index contributed by atoms with van der Waals surface area (Å²) in [6, 6.07) is 1.68. The molecule has 0 spiro atoms. The predicted molar refractivity (Wildman–Crippen MR) is 68.1 cm³/mol. The number of allylic oxidation sites excluding steroid dienone is 3. The Morgan fingerprint density at radius 3 is 2.71 bits per heavy atom.